The van der Waals surface area contributed by atoms with Crippen LogP contribution < -0.4 is 10.5 Å². The molecular formula is C17H10BrF2N3O4S. The fourth-order valence-corrected chi connectivity index (χ4v) is 3.69. The molecule has 0 radical (unpaired) electrons. The van der Waals surface area contributed by atoms with Gasteiger partial charge in [-0.2, -0.15) is 5.26 Å². The molecule has 1 aromatic carbocycles. The zero-order valence-corrected chi connectivity index (χ0v) is 16.2. The molecule has 7 nitrogen and oxygen atoms in total. The van der Waals surface area contributed by atoms with Crippen LogP contribution in [0.5, 0.6) is 5.75 Å². The SMILES string of the molecule is N#Cc1ccc(-c2nc(C(CO)Oc3ccc(F)c(C(N)=O)c3F)oc2Br)s1. The van der Waals surface area contributed by atoms with Gasteiger partial charge in [0.1, 0.15) is 28.0 Å². The summed E-state index contributed by atoms with van der Waals surface area (Å²) in [6.45, 7) is -0.650. The summed E-state index contributed by atoms with van der Waals surface area (Å²) in [6.07, 6.45) is -1.25. The van der Waals surface area contributed by atoms with E-state index in [0.717, 1.165) is 12.1 Å². The van der Waals surface area contributed by atoms with Gasteiger partial charge in [0.05, 0.1) is 11.5 Å². The zero-order valence-electron chi connectivity index (χ0n) is 13.8. The lowest BCUT2D eigenvalue weighted by molar-refractivity contribution is 0.0880. The van der Waals surface area contributed by atoms with Crippen LogP contribution in [0.4, 0.5) is 8.78 Å². The molecule has 0 aliphatic carbocycles. The molecule has 0 fully saturated rings. The average molecular weight is 470 g/mol. The van der Waals surface area contributed by atoms with E-state index in [9.17, 15) is 18.7 Å². The number of hydrogen-bond donors (Lipinski definition) is 2. The molecule has 0 saturated heterocycles. The highest BCUT2D eigenvalue weighted by Crippen LogP contribution is 2.36. The number of primary amides is 1. The molecule has 1 atom stereocenters. The van der Waals surface area contributed by atoms with Gasteiger partial charge >= 0.3 is 0 Å². The number of thiophene rings is 1. The molecule has 2 heterocycles. The highest BCUT2D eigenvalue weighted by atomic mass is 79.9. The number of aliphatic hydroxyl groups is 1. The highest BCUT2D eigenvalue weighted by molar-refractivity contribution is 9.10. The monoisotopic (exact) mass is 469 g/mol. The van der Waals surface area contributed by atoms with Crippen LogP contribution in [0.3, 0.4) is 0 Å². The van der Waals surface area contributed by atoms with Crippen LogP contribution >= 0.6 is 27.3 Å². The molecule has 144 valence electrons. The summed E-state index contributed by atoms with van der Waals surface area (Å²) < 4.78 is 38.9. The van der Waals surface area contributed by atoms with E-state index in [0.29, 0.717) is 15.4 Å². The number of ether oxygens (including phenoxy) is 1. The second-order valence-corrected chi connectivity index (χ2v) is 7.14. The van der Waals surface area contributed by atoms with Crippen molar-refractivity contribution in [2.45, 2.75) is 6.10 Å². The van der Waals surface area contributed by atoms with E-state index in [-0.39, 0.29) is 10.6 Å². The first-order valence-electron chi connectivity index (χ1n) is 7.57. The zero-order chi connectivity index (χ0) is 20.4. The first-order chi connectivity index (χ1) is 13.3. The first-order valence-corrected chi connectivity index (χ1v) is 9.18. The minimum atomic E-state index is -1.30. The second-order valence-electron chi connectivity index (χ2n) is 5.34. The Morgan fingerprint density at radius 1 is 1.43 bits per heavy atom. The Morgan fingerprint density at radius 3 is 2.79 bits per heavy atom. The number of nitriles is 1. The molecule has 3 aromatic rings. The minimum absolute atomic E-state index is 0.0966. The Hall–Kier alpha value is -2.81. The molecule has 11 heteroatoms. The number of oxazole rings is 1. The van der Waals surface area contributed by atoms with Crippen LogP contribution in [0.2, 0.25) is 0 Å². The number of halogens is 3. The molecular weight excluding hydrogens is 460 g/mol. The number of hydrogen-bond acceptors (Lipinski definition) is 7. The van der Waals surface area contributed by atoms with Crippen LogP contribution in [0.1, 0.15) is 27.2 Å². The van der Waals surface area contributed by atoms with Gasteiger partial charge in [0.15, 0.2) is 22.3 Å². The van der Waals surface area contributed by atoms with E-state index in [1.165, 1.54) is 11.3 Å². The van der Waals surface area contributed by atoms with Crippen LogP contribution in [0, 0.1) is 23.0 Å². The molecule has 1 amide bonds. The van der Waals surface area contributed by atoms with E-state index in [1.54, 1.807) is 12.1 Å². The number of carbonyl (C=O) groups excluding carboxylic acids is 1. The van der Waals surface area contributed by atoms with Crippen LogP contribution in [-0.4, -0.2) is 22.6 Å². The van der Waals surface area contributed by atoms with Gasteiger partial charge < -0.3 is 20.0 Å². The van der Waals surface area contributed by atoms with Crippen LogP contribution in [0.15, 0.2) is 33.4 Å². The van der Waals surface area contributed by atoms with Gasteiger partial charge in [-0.3, -0.25) is 4.79 Å². The standard InChI is InChI=1S/C17H10BrF2N3O4S/c18-15-14(11-4-1-7(5-21)28-11)23-17(27-15)10(6-24)26-9-3-2-8(19)12(13(9)20)16(22)25/h1-4,10,24H,6H2,(H2,22,25). The Morgan fingerprint density at radius 2 is 2.18 bits per heavy atom. The summed E-state index contributed by atoms with van der Waals surface area (Å²) in [5.74, 6) is -4.33. The summed E-state index contributed by atoms with van der Waals surface area (Å²) in [6, 6.07) is 7.06. The Balaban J connectivity index is 1.93. The van der Waals surface area contributed by atoms with E-state index < -0.39 is 41.6 Å². The molecule has 1 unspecified atom stereocenters. The number of nitrogens with two attached hydrogens (primary N) is 1. The Labute approximate surface area is 169 Å². The molecule has 3 N–H and O–H groups in total. The smallest absolute Gasteiger partial charge is 0.254 e. The molecule has 0 bridgehead atoms. The Kier molecular flexibility index (Phi) is 5.73. The van der Waals surface area contributed by atoms with E-state index >= 15 is 0 Å². The average Bonchev–Trinajstić information content (AvgIpc) is 3.27. The lowest BCUT2D eigenvalue weighted by atomic mass is 10.1. The van der Waals surface area contributed by atoms with Crippen molar-refractivity contribution in [2.24, 2.45) is 5.73 Å². The summed E-state index contributed by atoms with van der Waals surface area (Å²) >= 11 is 4.37. The van der Waals surface area contributed by atoms with Gasteiger partial charge in [-0.05, 0) is 40.2 Å². The number of carbonyl (C=O) groups is 1. The second kappa shape index (κ2) is 8.05. The van der Waals surface area contributed by atoms with Gasteiger partial charge in [-0.25, -0.2) is 13.8 Å². The number of benzene rings is 1. The summed E-state index contributed by atoms with van der Waals surface area (Å²) in [5.41, 5.74) is 4.39. The molecule has 0 spiro atoms. The third-order valence-corrected chi connectivity index (χ3v) is 5.10. The predicted octanol–water partition coefficient (Wildman–Crippen LogP) is 3.53. The molecule has 28 heavy (non-hydrogen) atoms. The summed E-state index contributed by atoms with van der Waals surface area (Å²) in [4.78, 5) is 16.5. The third-order valence-electron chi connectivity index (χ3n) is 3.56. The summed E-state index contributed by atoms with van der Waals surface area (Å²) in [5, 5.41) is 18.5. The maximum Gasteiger partial charge on any atom is 0.254 e. The fourth-order valence-electron chi connectivity index (χ4n) is 2.30. The van der Waals surface area contributed by atoms with E-state index in [4.69, 9.17) is 20.1 Å². The quantitative estimate of drug-likeness (QED) is 0.569. The molecule has 3 rings (SSSR count). The van der Waals surface area contributed by atoms with Gasteiger partial charge in [0.25, 0.3) is 5.91 Å². The van der Waals surface area contributed by atoms with Crippen molar-refractivity contribution < 1.29 is 27.8 Å². The molecule has 0 saturated carbocycles. The van der Waals surface area contributed by atoms with Crippen LogP contribution in [-0.2, 0) is 0 Å². The minimum Gasteiger partial charge on any atom is -0.475 e. The van der Waals surface area contributed by atoms with Crippen LogP contribution in [0.25, 0.3) is 10.6 Å². The topological polar surface area (TPSA) is 122 Å². The largest absolute Gasteiger partial charge is 0.475 e. The van der Waals surface area contributed by atoms with Crippen molar-refractivity contribution in [1.82, 2.24) is 4.98 Å². The van der Waals surface area contributed by atoms with Crippen molar-refractivity contribution in [2.75, 3.05) is 6.61 Å². The van der Waals surface area contributed by atoms with Crippen molar-refractivity contribution in [3.05, 3.63) is 56.9 Å². The van der Waals surface area contributed by atoms with Crippen molar-refractivity contribution in [3.63, 3.8) is 0 Å². The van der Waals surface area contributed by atoms with Gasteiger partial charge in [-0.1, -0.05) is 0 Å². The lowest BCUT2D eigenvalue weighted by Crippen LogP contribution is -2.18. The van der Waals surface area contributed by atoms with Gasteiger partial charge in [-0.15, -0.1) is 11.3 Å². The van der Waals surface area contributed by atoms with Crippen molar-refractivity contribution in [1.29, 1.82) is 5.26 Å². The number of rotatable bonds is 6. The highest BCUT2D eigenvalue weighted by Gasteiger charge is 2.26. The van der Waals surface area contributed by atoms with E-state index in [1.807, 2.05) is 6.07 Å². The number of aromatic nitrogens is 1. The first kappa shape index (κ1) is 19.9. The van der Waals surface area contributed by atoms with Crippen molar-refractivity contribution >= 4 is 33.2 Å². The maximum atomic E-state index is 14.4. The predicted molar refractivity (Wildman–Crippen MR) is 97.6 cm³/mol. The molecule has 2 aromatic heterocycles. The van der Waals surface area contributed by atoms with Crippen molar-refractivity contribution in [3.8, 4) is 22.4 Å². The fraction of sp³-hybridized carbons (Fsp3) is 0.118. The number of amides is 1. The molecule has 0 aliphatic rings. The normalized spacial score (nSPS) is 11.8. The Bertz CT molecular complexity index is 1090. The lowest BCUT2D eigenvalue weighted by Gasteiger charge is -2.15. The summed E-state index contributed by atoms with van der Waals surface area (Å²) in [7, 11) is 0. The van der Waals surface area contributed by atoms with E-state index in [2.05, 4.69) is 20.9 Å². The third kappa shape index (κ3) is 3.75. The maximum absolute atomic E-state index is 14.4. The van der Waals surface area contributed by atoms with Gasteiger partial charge in [0, 0.05) is 0 Å². The number of aliphatic hydroxyl groups excluding tert-OH is 1. The van der Waals surface area contributed by atoms with Gasteiger partial charge in [0.2, 0.25) is 5.89 Å². The molecule has 0 aliphatic heterocycles. The number of nitrogens with zero attached hydrogens (tertiary/aromatic N) is 2.